The van der Waals surface area contributed by atoms with Crippen LogP contribution >= 0.6 is 11.6 Å². The van der Waals surface area contributed by atoms with E-state index in [0.717, 1.165) is 19.6 Å². The maximum absolute atomic E-state index is 11.9. The maximum Gasteiger partial charge on any atom is 0.252 e. The second-order valence-electron chi connectivity index (χ2n) is 4.24. The Hall–Kier alpha value is -1.33. The topological polar surface area (TPSA) is 63.2 Å². The standard InChI is InChI=1S/C12H16ClN3O2/c1-14-11-10(13)4-9(6-15-11)12(17)16-5-8-2-3-18-7-8/h4,6,8H,2-3,5,7H2,1H3,(H,14,15)(H,16,17). The zero-order valence-electron chi connectivity index (χ0n) is 10.2. The Morgan fingerprint density at radius 2 is 2.50 bits per heavy atom. The Balaban J connectivity index is 1.93. The normalized spacial score (nSPS) is 18.7. The lowest BCUT2D eigenvalue weighted by molar-refractivity contribution is 0.0944. The quantitative estimate of drug-likeness (QED) is 0.870. The van der Waals surface area contributed by atoms with Crippen LogP contribution in [0, 0.1) is 5.92 Å². The van der Waals surface area contributed by atoms with Crippen LogP contribution in [0.4, 0.5) is 5.82 Å². The van der Waals surface area contributed by atoms with Crippen LogP contribution < -0.4 is 10.6 Å². The number of ether oxygens (including phenoxy) is 1. The van der Waals surface area contributed by atoms with Crippen LogP contribution in [0.5, 0.6) is 0 Å². The molecule has 2 N–H and O–H groups in total. The van der Waals surface area contributed by atoms with E-state index in [1.807, 2.05) is 0 Å². The highest BCUT2D eigenvalue weighted by molar-refractivity contribution is 6.33. The summed E-state index contributed by atoms with van der Waals surface area (Å²) >= 11 is 5.98. The highest BCUT2D eigenvalue weighted by Gasteiger charge is 2.17. The molecule has 1 atom stereocenters. The lowest BCUT2D eigenvalue weighted by Gasteiger charge is -2.10. The van der Waals surface area contributed by atoms with Crippen LogP contribution in [0.2, 0.25) is 5.02 Å². The lowest BCUT2D eigenvalue weighted by atomic mass is 10.1. The third kappa shape index (κ3) is 3.11. The molecule has 0 aromatic carbocycles. The van der Waals surface area contributed by atoms with Crippen molar-refractivity contribution in [3.63, 3.8) is 0 Å². The van der Waals surface area contributed by atoms with Gasteiger partial charge in [0.15, 0.2) is 0 Å². The second kappa shape index (κ2) is 6.02. The number of nitrogens with zero attached hydrogens (tertiary/aromatic N) is 1. The minimum Gasteiger partial charge on any atom is -0.381 e. The van der Waals surface area contributed by atoms with Gasteiger partial charge in [0.2, 0.25) is 0 Å². The Bertz CT molecular complexity index is 433. The third-order valence-electron chi connectivity index (χ3n) is 2.92. The van der Waals surface area contributed by atoms with Crippen molar-refractivity contribution >= 4 is 23.3 Å². The van der Waals surface area contributed by atoms with E-state index in [0.29, 0.717) is 28.9 Å². The van der Waals surface area contributed by atoms with Gasteiger partial charge in [0.05, 0.1) is 17.2 Å². The van der Waals surface area contributed by atoms with Crippen LogP contribution in [0.25, 0.3) is 0 Å². The van der Waals surface area contributed by atoms with Gasteiger partial charge in [0.1, 0.15) is 5.82 Å². The number of rotatable bonds is 4. The average Bonchev–Trinajstić information content (AvgIpc) is 2.89. The van der Waals surface area contributed by atoms with Gasteiger partial charge in [-0.25, -0.2) is 4.98 Å². The summed E-state index contributed by atoms with van der Waals surface area (Å²) in [6, 6.07) is 1.61. The summed E-state index contributed by atoms with van der Waals surface area (Å²) in [5.74, 6) is 0.824. The van der Waals surface area contributed by atoms with Crippen molar-refractivity contribution in [3.05, 3.63) is 22.8 Å². The van der Waals surface area contributed by atoms with Gasteiger partial charge in [-0.2, -0.15) is 0 Å². The number of nitrogens with one attached hydrogen (secondary N) is 2. The van der Waals surface area contributed by atoms with Gasteiger partial charge < -0.3 is 15.4 Å². The van der Waals surface area contributed by atoms with E-state index in [9.17, 15) is 4.79 Å². The average molecular weight is 270 g/mol. The highest BCUT2D eigenvalue weighted by atomic mass is 35.5. The van der Waals surface area contributed by atoms with Crippen molar-refractivity contribution < 1.29 is 9.53 Å². The minimum absolute atomic E-state index is 0.154. The Labute approximate surface area is 111 Å². The van der Waals surface area contributed by atoms with E-state index in [1.165, 1.54) is 6.20 Å². The molecule has 1 unspecified atom stereocenters. The van der Waals surface area contributed by atoms with Crippen LogP contribution in [-0.4, -0.2) is 37.7 Å². The molecule has 5 nitrogen and oxygen atoms in total. The SMILES string of the molecule is CNc1ncc(C(=O)NCC2CCOC2)cc1Cl. The van der Waals surface area contributed by atoms with E-state index in [1.54, 1.807) is 13.1 Å². The number of carbonyl (C=O) groups is 1. The molecule has 0 radical (unpaired) electrons. The second-order valence-corrected chi connectivity index (χ2v) is 4.65. The van der Waals surface area contributed by atoms with E-state index < -0.39 is 0 Å². The molecule has 2 rings (SSSR count). The number of anilines is 1. The Kier molecular flexibility index (Phi) is 4.38. The summed E-state index contributed by atoms with van der Waals surface area (Å²) in [7, 11) is 1.73. The van der Waals surface area contributed by atoms with Crippen LogP contribution in [-0.2, 0) is 4.74 Å². The number of hydrogen-bond acceptors (Lipinski definition) is 4. The fraction of sp³-hybridized carbons (Fsp3) is 0.500. The van der Waals surface area contributed by atoms with Gasteiger partial charge in [-0.3, -0.25) is 4.79 Å². The first kappa shape index (κ1) is 13.1. The van der Waals surface area contributed by atoms with Gasteiger partial charge in [-0.15, -0.1) is 0 Å². The predicted octanol–water partition coefficient (Wildman–Crippen LogP) is 1.54. The molecule has 1 fully saturated rings. The monoisotopic (exact) mass is 269 g/mol. The molecule has 1 aliphatic rings. The summed E-state index contributed by atoms with van der Waals surface area (Å²) in [5.41, 5.74) is 0.470. The molecular weight excluding hydrogens is 254 g/mol. The summed E-state index contributed by atoms with van der Waals surface area (Å²) in [5, 5.41) is 6.15. The lowest BCUT2D eigenvalue weighted by Crippen LogP contribution is -2.29. The number of pyridine rings is 1. The summed E-state index contributed by atoms with van der Waals surface area (Å²) in [6.07, 6.45) is 2.51. The molecule has 1 aliphatic heterocycles. The molecule has 6 heteroatoms. The van der Waals surface area contributed by atoms with E-state index in [4.69, 9.17) is 16.3 Å². The molecule has 0 bridgehead atoms. The summed E-state index contributed by atoms with van der Waals surface area (Å²) < 4.78 is 5.25. The molecule has 0 spiro atoms. The number of aromatic nitrogens is 1. The van der Waals surface area contributed by atoms with Gasteiger partial charge in [-0.05, 0) is 12.5 Å². The molecule has 1 saturated heterocycles. The first-order valence-corrected chi connectivity index (χ1v) is 6.27. The van der Waals surface area contributed by atoms with Crippen molar-refractivity contribution in [2.75, 3.05) is 32.1 Å². The first-order chi connectivity index (χ1) is 8.70. The summed E-state index contributed by atoms with van der Waals surface area (Å²) in [6.45, 7) is 2.13. The molecule has 1 amide bonds. The molecule has 18 heavy (non-hydrogen) atoms. The zero-order valence-corrected chi connectivity index (χ0v) is 11.0. The predicted molar refractivity (Wildman–Crippen MR) is 70.1 cm³/mol. The smallest absolute Gasteiger partial charge is 0.252 e. The highest BCUT2D eigenvalue weighted by Crippen LogP contribution is 2.19. The van der Waals surface area contributed by atoms with Crippen molar-refractivity contribution in [1.29, 1.82) is 0 Å². The molecule has 1 aromatic rings. The van der Waals surface area contributed by atoms with Gasteiger partial charge in [0.25, 0.3) is 5.91 Å². The van der Waals surface area contributed by atoms with Crippen LogP contribution in [0.1, 0.15) is 16.8 Å². The minimum atomic E-state index is -0.154. The number of amides is 1. The fourth-order valence-electron chi connectivity index (χ4n) is 1.83. The molecule has 98 valence electrons. The van der Waals surface area contributed by atoms with Crippen molar-refractivity contribution in [2.45, 2.75) is 6.42 Å². The van der Waals surface area contributed by atoms with Gasteiger partial charge >= 0.3 is 0 Å². The zero-order chi connectivity index (χ0) is 13.0. The van der Waals surface area contributed by atoms with Crippen molar-refractivity contribution in [2.24, 2.45) is 5.92 Å². The number of carbonyl (C=O) groups excluding carboxylic acids is 1. The largest absolute Gasteiger partial charge is 0.381 e. The molecule has 2 heterocycles. The number of hydrogen-bond donors (Lipinski definition) is 2. The van der Waals surface area contributed by atoms with Crippen molar-refractivity contribution in [3.8, 4) is 0 Å². The van der Waals surface area contributed by atoms with Gasteiger partial charge in [0, 0.05) is 32.3 Å². The first-order valence-electron chi connectivity index (χ1n) is 5.90. The maximum atomic E-state index is 11.9. The summed E-state index contributed by atoms with van der Waals surface area (Å²) in [4.78, 5) is 16.0. The molecular formula is C12H16ClN3O2. The molecule has 1 aromatic heterocycles. The Morgan fingerprint density at radius 1 is 1.67 bits per heavy atom. The van der Waals surface area contributed by atoms with Crippen LogP contribution in [0.3, 0.4) is 0 Å². The fourth-order valence-corrected chi connectivity index (χ4v) is 2.09. The van der Waals surface area contributed by atoms with E-state index in [2.05, 4.69) is 15.6 Å². The molecule has 0 saturated carbocycles. The number of halogens is 1. The van der Waals surface area contributed by atoms with Crippen molar-refractivity contribution in [1.82, 2.24) is 10.3 Å². The third-order valence-corrected chi connectivity index (χ3v) is 3.20. The van der Waals surface area contributed by atoms with Crippen LogP contribution in [0.15, 0.2) is 12.3 Å². The van der Waals surface area contributed by atoms with E-state index in [-0.39, 0.29) is 5.91 Å². The van der Waals surface area contributed by atoms with E-state index >= 15 is 0 Å². The Morgan fingerprint density at radius 3 is 3.11 bits per heavy atom. The van der Waals surface area contributed by atoms with Gasteiger partial charge in [-0.1, -0.05) is 11.6 Å². The molecule has 0 aliphatic carbocycles.